The molecular formula is C22H41F5O. The molecule has 0 bridgehead atoms. The molecule has 0 aliphatic rings. The third-order valence-corrected chi connectivity index (χ3v) is 7.45. The molecule has 0 aliphatic carbocycles. The minimum absolute atomic E-state index is 0.0283. The summed E-state index contributed by atoms with van der Waals surface area (Å²) in [6, 6.07) is 0. The molecule has 0 amide bonds. The first kappa shape index (κ1) is 27.6. The van der Waals surface area contributed by atoms with E-state index in [1.54, 1.807) is 13.8 Å². The fourth-order valence-electron chi connectivity index (χ4n) is 4.56. The molecule has 0 rings (SSSR count). The van der Waals surface area contributed by atoms with E-state index < -0.39 is 41.2 Å². The summed E-state index contributed by atoms with van der Waals surface area (Å²) >= 11 is 0. The van der Waals surface area contributed by atoms with Gasteiger partial charge in [0.25, 0.3) is 0 Å². The summed E-state index contributed by atoms with van der Waals surface area (Å²) in [6.07, 6.45) is -0.390. The summed E-state index contributed by atoms with van der Waals surface area (Å²) in [6.45, 7) is 12.8. The van der Waals surface area contributed by atoms with Gasteiger partial charge in [0, 0.05) is 12.0 Å². The van der Waals surface area contributed by atoms with Crippen molar-refractivity contribution in [3.63, 3.8) is 0 Å². The maximum Gasteiger partial charge on any atom is 0.343 e. The van der Waals surface area contributed by atoms with E-state index in [1.807, 2.05) is 13.8 Å². The first-order chi connectivity index (χ1) is 12.8. The summed E-state index contributed by atoms with van der Waals surface area (Å²) in [4.78, 5) is 0. The van der Waals surface area contributed by atoms with Gasteiger partial charge in [0.1, 0.15) is 0 Å². The van der Waals surface area contributed by atoms with Gasteiger partial charge < -0.3 is 4.74 Å². The van der Waals surface area contributed by atoms with Gasteiger partial charge in [-0.3, -0.25) is 0 Å². The number of halogens is 5. The van der Waals surface area contributed by atoms with E-state index in [4.69, 9.17) is 4.74 Å². The van der Waals surface area contributed by atoms with E-state index in [1.165, 1.54) is 27.7 Å². The molecule has 0 N–H and O–H groups in total. The Morgan fingerprint density at radius 2 is 1.18 bits per heavy atom. The summed E-state index contributed by atoms with van der Waals surface area (Å²) in [5.74, 6) is -9.26. The van der Waals surface area contributed by atoms with Crippen molar-refractivity contribution < 1.29 is 26.7 Å². The second-order valence-corrected chi connectivity index (χ2v) is 8.36. The van der Waals surface area contributed by atoms with Crippen LogP contribution >= 0.6 is 0 Å². The van der Waals surface area contributed by atoms with Crippen LogP contribution in [0.5, 0.6) is 0 Å². The molecule has 0 aliphatic heterocycles. The molecule has 6 heteroatoms. The predicted molar refractivity (Wildman–Crippen MR) is 106 cm³/mol. The van der Waals surface area contributed by atoms with Crippen molar-refractivity contribution in [2.24, 2.45) is 10.8 Å². The highest BCUT2D eigenvalue weighted by atomic mass is 19.3. The molecule has 0 saturated heterocycles. The van der Waals surface area contributed by atoms with Crippen molar-refractivity contribution in [1.82, 2.24) is 0 Å². The van der Waals surface area contributed by atoms with E-state index >= 15 is 17.6 Å². The van der Waals surface area contributed by atoms with E-state index in [0.717, 1.165) is 6.42 Å². The summed E-state index contributed by atoms with van der Waals surface area (Å²) in [7, 11) is 0. The lowest BCUT2D eigenvalue weighted by Gasteiger charge is -2.55. The molecule has 0 aromatic heterocycles. The Hall–Kier alpha value is -0.390. The van der Waals surface area contributed by atoms with Crippen LogP contribution in [0.4, 0.5) is 22.0 Å². The maximum absolute atomic E-state index is 15.7. The lowest BCUT2D eigenvalue weighted by Crippen LogP contribution is -2.66. The highest BCUT2D eigenvalue weighted by molar-refractivity contribution is 5.12. The van der Waals surface area contributed by atoms with E-state index in [2.05, 4.69) is 0 Å². The third kappa shape index (κ3) is 4.37. The number of rotatable bonds is 14. The molecule has 0 radical (unpaired) electrons. The minimum atomic E-state index is -4.76. The van der Waals surface area contributed by atoms with Crippen LogP contribution in [0.15, 0.2) is 0 Å². The molecule has 0 saturated carbocycles. The van der Waals surface area contributed by atoms with Crippen molar-refractivity contribution in [1.29, 1.82) is 0 Å². The Kier molecular flexibility index (Phi) is 9.94. The standard InChI is InChI=1S/C22H41F5O/c1-9-17(7)28-16-15-18(8,10-2)19(11-3,12-4)21(24,25)22(26,27)20(23,13-5)14-6/h17H,9-16H2,1-8H3. The van der Waals surface area contributed by atoms with Gasteiger partial charge in [-0.05, 0) is 57.3 Å². The van der Waals surface area contributed by atoms with E-state index in [9.17, 15) is 4.39 Å². The lowest BCUT2D eigenvalue weighted by molar-refractivity contribution is -0.339. The molecule has 0 heterocycles. The number of hydrogen-bond donors (Lipinski definition) is 0. The molecule has 2 atom stereocenters. The highest BCUT2D eigenvalue weighted by Gasteiger charge is 2.77. The first-order valence-corrected chi connectivity index (χ1v) is 10.8. The average molecular weight is 417 g/mol. The maximum atomic E-state index is 15.7. The zero-order valence-electron chi connectivity index (χ0n) is 19.0. The van der Waals surface area contributed by atoms with Crippen LogP contribution in [-0.4, -0.2) is 30.2 Å². The van der Waals surface area contributed by atoms with Gasteiger partial charge in [0.15, 0.2) is 5.67 Å². The monoisotopic (exact) mass is 416 g/mol. The van der Waals surface area contributed by atoms with Gasteiger partial charge in [-0.15, -0.1) is 0 Å². The zero-order valence-corrected chi connectivity index (χ0v) is 19.0. The molecule has 0 aromatic carbocycles. The largest absolute Gasteiger partial charge is 0.378 e. The lowest BCUT2D eigenvalue weighted by atomic mass is 9.53. The van der Waals surface area contributed by atoms with Crippen molar-refractivity contribution in [2.75, 3.05) is 6.61 Å². The molecule has 28 heavy (non-hydrogen) atoms. The number of alkyl halides is 5. The summed E-state index contributed by atoms with van der Waals surface area (Å²) in [5, 5.41) is 0. The molecule has 170 valence electrons. The van der Waals surface area contributed by atoms with Gasteiger partial charge in [-0.2, -0.15) is 17.6 Å². The molecule has 0 spiro atoms. The van der Waals surface area contributed by atoms with Gasteiger partial charge in [-0.25, -0.2) is 4.39 Å². The van der Waals surface area contributed by atoms with Crippen LogP contribution in [0, 0.1) is 10.8 Å². The Morgan fingerprint density at radius 3 is 1.50 bits per heavy atom. The number of ether oxygens (including phenoxy) is 1. The number of hydrogen-bond acceptors (Lipinski definition) is 1. The molecular weight excluding hydrogens is 375 g/mol. The van der Waals surface area contributed by atoms with Crippen LogP contribution in [0.1, 0.15) is 100 Å². The third-order valence-electron chi connectivity index (χ3n) is 7.45. The summed E-state index contributed by atoms with van der Waals surface area (Å²) in [5.41, 5.74) is -6.41. The highest BCUT2D eigenvalue weighted by Crippen LogP contribution is 2.65. The van der Waals surface area contributed by atoms with E-state index in [0.29, 0.717) is 0 Å². The second-order valence-electron chi connectivity index (χ2n) is 8.36. The van der Waals surface area contributed by atoms with Crippen LogP contribution in [0.3, 0.4) is 0 Å². The molecule has 1 nitrogen and oxygen atoms in total. The van der Waals surface area contributed by atoms with Crippen LogP contribution in [0.25, 0.3) is 0 Å². The van der Waals surface area contributed by atoms with Gasteiger partial charge in [0.05, 0.1) is 6.10 Å². The van der Waals surface area contributed by atoms with Crippen LogP contribution in [-0.2, 0) is 4.74 Å². The average Bonchev–Trinajstić information content (AvgIpc) is 2.67. The SMILES string of the molecule is CCC(C)OCCC(C)(CC)C(CC)(CC)C(F)(F)C(F)(F)C(F)(CC)CC. The van der Waals surface area contributed by atoms with Crippen molar-refractivity contribution in [3.05, 3.63) is 0 Å². The second kappa shape index (κ2) is 10.1. The fourth-order valence-corrected chi connectivity index (χ4v) is 4.56. The quantitative estimate of drug-likeness (QED) is 0.259. The van der Waals surface area contributed by atoms with Gasteiger partial charge in [-0.1, -0.05) is 48.5 Å². The molecule has 0 aromatic rings. The first-order valence-electron chi connectivity index (χ1n) is 10.8. The Labute approximate surface area is 168 Å². The molecule has 0 fully saturated rings. The Bertz CT molecular complexity index is 458. The summed E-state index contributed by atoms with van der Waals surface area (Å²) < 4.78 is 82.3. The minimum Gasteiger partial charge on any atom is -0.378 e. The smallest absolute Gasteiger partial charge is 0.343 e. The van der Waals surface area contributed by atoms with Crippen molar-refractivity contribution >= 4 is 0 Å². The zero-order chi connectivity index (χ0) is 22.4. The van der Waals surface area contributed by atoms with E-state index in [-0.39, 0.29) is 38.4 Å². The fraction of sp³-hybridized carbons (Fsp3) is 1.00. The predicted octanol–water partition coefficient (Wildman–Crippen LogP) is 8.21. The Morgan fingerprint density at radius 1 is 0.714 bits per heavy atom. The van der Waals surface area contributed by atoms with Crippen LogP contribution < -0.4 is 0 Å². The van der Waals surface area contributed by atoms with Gasteiger partial charge >= 0.3 is 11.8 Å². The Balaban J connectivity index is 6.28. The van der Waals surface area contributed by atoms with Crippen molar-refractivity contribution in [3.8, 4) is 0 Å². The van der Waals surface area contributed by atoms with Crippen molar-refractivity contribution in [2.45, 2.75) is 124 Å². The normalized spacial score (nSPS) is 17.5. The molecule has 2 unspecified atom stereocenters. The van der Waals surface area contributed by atoms with Crippen LogP contribution in [0.2, 0.25) is 0 Å². The topological polar surface area (TPSA) is 9.23 Å². The van der Waals surface area contributed by atoms with Gasteiger partial charge in [0.2, 0.25) is 0 Å².